The highest BCUT2D eigenvalue weighted by Crippen LogP contribution is 2.08. The van der Waals surface area contributed by atoms with Crippen molar-refractivity contribution < 1.29 is 24.3 Å². The van der Waals surface area contributed by atoms with E-state index in [0.29, 0.717) is 18.6 Å². The third kappa shape index (κ3) is 12.1. The molecule has 34 heavy (non-hydrogen) atoms. The molecule has 0 saturated heterocycles. The minimum Gasteiger partial charge on any atom is -0.480 e. The van der Waals surface area contributed by atoms with Gasteiger partial charge in [0.05, 0.1) is 6.04 Å². The normalized spacial score (nSPS) is 14.6. The smallest absolute Gasteiger partial charge is 0.326 e. The largest absolute Gasteiger partial charge is 0.480 e. The van der Waals surface area contributed by atoms with Gasteiger partial charge < -0.3 is 38.3 Å². The molecule has 4 atom stereocenters. The molecule has 0 aliphatic carbocycles. The molecule has 4 unspecified atom stereocenters. The van der Waals surface area contributed by atoms with Gasteiger partial charge in [-0.1, -0.05) is 27.7 Å². The Morgan fingerprint density at radius 3 is 1.91 bits per heavy atom. The van der Waals surface area contributed by atoms with Crippen LogP contribution in [0.2, 0.25) is 0 Å². The summed E-state index contributed by atoms with van der Waals surface area (Å²) in [6.07, 6.45) is 2.88. The van der Waals surface area contributed by atoms with Crippen LogP contribution in [0.1, 0.15) is 47.0 Å². The summed E-state index contributed by atoms with van der Waals surface area (Å²) in [7, 11) is 0. The van der Waals surface area contributed by atoms with Crippen molar-refractivity contribution in [2.24, 2.45) is 34.0 Å². The number of carbonyl (C=O) groups is 4. The zero-order valence-electron chi connectivity index (χ0n) is 20.7. The van der Waals surface area contributed by atoms with Gasteiger partial charge in [0.15, 0.2) is 5.96 Å². The van der Waals surface area contributed by atoms with Crippen molar-refractivity contribution in [1.29, 1.82) is 0 Å². The lowest BCUT2D eigenvalue weighted by molar-refractivity contribution is -0.143. The number of hydrogen-bond donors (Lipinski definition) is 7. The lowest BCUT2D eigenvalue weighted by Gasteiger charge is -2.27. The number of nitrogens with two attached hydrogens (primary N) is 3. The second-order valence-electron chi connectivity index (χ2n) is 8.70. The summed E-state index contributed by atoms with van der Waals surface area (Å²) < 4.78 is 0. The number of nitrogens with one attached hydrogen (secondary N) is 3. The Morgan fingerprint density at radius 2 is 1.44 bits per heavy atom. The third-order valence-electron chi connectivity index (χ3n) is 5.03. The highest BCUT2D eigenvalue weighted by Gasteiger charge is 2.32. The zero-order chi connectivity index (χ0) is 26.4. The monoisotopic (exact) mass is 503 g/mol. The number of carboxylic acids is 1. The fraction of sp³-hybridized carbons (Fsp3) is 0.762. The van der Waals surface area contributed by atoms with E-state index in [-0.39, 0.29) is 30.8 Å². The van der Waals surface area contributed by atoms with Gasteiger partial charge in [0.25, 0.3) is 0 Å². The van der Waals surface area contributed by atoms with Crippen molar-refractivity contribution >= 4 is 41.4 Å². The Morgan fingerprint density at radius 1 is 0.882 bits per heavy atom. The van der Waals surface area contributed by atoms with Gasteiger partial charge in [-0.05, 0) is 43.1 Å². The van der Waals surface area contributed by atoms with Crippen LogP contribution in [0, 0.1) is 11.8 Å². The second-order valence-corrected chi connectivity index (χ2v) is 9.68. The summed E-state index contributed by atoms with van der Waals surface area (Å²) in [6, 6.07) is -3.87. The van der Waals surface area contributed by atoms with Crippen LogP contribution >= 0.6 is 11.8 Å². The lowest BCUT2D eigenvalue weighted by Crippen LogP contribution is -2.58. The predicted molar refractivity (Wildman–Crippen MR) is 134 cm³/mol. The van der Waals surface area contributed by atoms with Gasteiger partial charge in [-0.3, -0.25) is 19.4 Å². The van der Waals surface area contributed by atoms with E-state index in [2.05, 4.69) is 20.9 Å². The maximum Gasteiger partial charge on any atom is 0.326 e. The van der Waals surface area contributed by atoms with Gasteiger partial charge in [-0.25, -0.2) is 4.79 Å². The first kappa shape index (κ1) is 31.5. The minimum absolute atomic E-state index is 0.101. The molecule has 0 saturated carbocycles. The molecule has 0 aromatic rings. The SMILES string of the molecule is CSCCC(N)C(=O)NC(C(=O)NC(CCCN=C(N)N)C(=O)NC(C(=O)O)C(C)C)C(C)C. The van der Waals surface area contributed by atoms with E-state index in [1.165, 1.54) is 0 Å². The van der Waals surface area contributed by atoms with Gasteiger partial charge in [0.1, 0.15) is 18.1 Å². The summed E-state index contributed by atoms with van der Waals surface area (Å²) in [5.41, 5.74) is 16.5. The Balaban J connectivity index is 5.50. The van der Waals surface area contributed by atoms with E-state index in [1.54, 1.807) is 39.5 Å². The Labute approximate surface area is 205 Å². The number of amides is 3. The van der Waals surface area contributed by atoms with Gasteiger partial charge in [-0.2, -0.15) is 11.8 Å². The number of aliphatic carboxylic acids is 1. The van der Waals surface area contributed by atoms with Crippen LogP contribution in [0.25, 0.3) is 0 Å². The first-order valence-corrected chi connectivity index (χ1v) is 12.6. The molecule has 0 heterocycles. The van der Waals surface area contributed by atoms with Crippen molar-refractivity contribution in [1.82, 2.24) is 16.0 Å². The average Bonchev–Trinajstić information content (AvgIpc) is 2.74. The fourth-order valence-corrected chi connectivity index (χ4v) is 3.46. The first-order chi connectivity index (χ1) is 15.8. The number of nitrogens with zero attached hydrogens (tertiary/aromatic N) is 1. The van der Waals surface area contributed by atoms with Crippen LogP contribution in [0.3, 0.4) is 0 Å². The summed E-state index contributed by atoms with van der Waals surface area (Å²) in [5.74, 6) is -2.91. The summed E-state index contributed by atoms with van der Waals surface area (Å²) in [4.78, 5) is 53.7. The predicted octanol–water partition coefficient (Wildman–Crippen LogP) is -1.03. The molecule has 13 heteroatoms. The average molecular weight is 504 g/mol. The molecule has 3 amide bonds. The molecular weight excluding hydrogens is 462 g/mol. The van der Waals surface area contributed by atoms with Gasteiger partial charge in [-0.15, -0.1) is 0 Å². The molecular formula is C21H41N7O5S. The van der Waals surface area contributed by atoms with E-state index < -0.39 is 47.9 Å². The Hall–Kier alpha value is -2.54. The third-order valence-corrected chi connectivity index (χ3v) is 5.67. The number of aliphatic imine (C=N–C) groups is 1. The van der Waals surface area contributed by atoms with Gasteiger partial charge in [0.2, 0.25) is 17.7 Å². The molecule has 0 aromatic carbocycles. The molecule has 0 fully saturated rings. The van der Waals surface area contributed by atoms with Crippen molar-refractivity contribution in [2.45, 2.75) is 71.1 Å². The molecule has 0 aromatic heterocycles. The van der Waals surface area contributed by atoms with Crippen LogP contribution in [-0.4, -0.2) is 77.5 Å². The maximum absolute atomic E-state index is 13.0. The topological polar surface area (TPSA) is 215 Å². The Bertz CT molecular complexity index is 714. The number of guanidine groups is 1. The standard InChI is InChI=1S/C21H41N7O5S/c1-11(2)15(27-17(29)13(22)8-10-34-5)19(31)26-14(7-6-9-25-21(23)24)18(30)28-16(12(3)4)20(32)33/h11-16H,6-10,22H2,1-5H3,(H,26,31)(H,27,29)(H,28,30)(H,32,33)(H4,23,24,25). The lowest BCUT2D eigenvalue weighted by atomic mass is 10.0. The van der Waals surface area contributed by atoms with Gasteiger partial charge in [0, 0.05) is 6.54 Å². The van der Waals surface area contributed by atoms with Crippen LogP contribution < -0.4 is 33.2 Å². The molecule has 0 spiro atoms. The summed E-state index contributed by atoms with van der Waals surface area (Å²) >= 11 is 1.56. The van der Waals surface area contributed by atoms with E-state index in [4.69, 9.17) is 17.2 Å². The van der Waals surface area contributed by atoms with Crippen molar-refractivity contribution in [3.8, 4) is 0 Å². The second kappa shape index (κ2) is 16.1. The molecule has 196 valence electrons. The van der Waals surface area contributed by atoms with Crippen LogP contribution in [0.5, 0.6) is 0 Å². The Kier molecular flexibility index (Phi) is 14.9. The maximum atomic E-state index is 13.0. The molecule has 0 radical (unpaired) electrons. The van der Waals surface area contributed by atoms with Crippen molar-refractivity contribution in [3.63, 3.8) is 0 Å². The number of thioether (sulfide) groups is 1. The molecule has 0 bridgehead atoms. The number of hydrogen-bond acceptors (Lipinski definition) is 7. The van der Waals surface area contributed by atoms with E-state index in [0.717, 1.165) is 0 Å². The van der Waals surface area contributed by atoms with Crippen LogP contribution in [0.4, 0.5) is 0 Å². The number of rotatable bonds is 16. The number of carbonyl (C=O) groups excluding carboxylic acids is 3. The number of carboxylic acid groups (broad SMARTS) is 1. The highest BCUT2D eigenvalue weighted by molar-refractivity contribution is 7.98. The zero-order valence-corrected chi connectivity index (χ0v) is 21.5. The molecule has 0 aliphatic heterocycles. The summed E-state index contributed by atoms with van der Waals surface area (Å²) in [6.45, 7) is 7.06. The first-order valence-electron chi connectivity index (χ1n) is 11.3. The fourth-order valence-electron chi connectivity index (χ4n) is 2.97. The molecule has 0 rings (SSSR count). The summed E-state index contributed by atoms with van der Waals surface area (Å²) in [5, 5.41) is 17.2. The van der Waals surface area contributed by atoms with Crippen molar-refractivity contribution in [3.05, 3.63) is 0 Å². The van der Waals surface area contributed by atoms with Gasteiger partial charge >= 0.3 is 5.97 Å². The molecule has 12 nitrogen and oxygen atoms in total. The molecule has 0 aliphatic rings. The van der Waals surface area contributed by atoms with Crippen LogP contribution in [0.15, 0.2) is 4.99 Å². The minimum atomic E-state index is -1.18. The van der Waals surface area contributed by atoms with Crippen molar-refractivity contribution in [2.75, 3.05) is 18.6 Å². The van der Waals surface area contributed by atoms with E-state index >= 15 is 0 Å². The van der Waals surface area contributed by atoms with E-state index in [1.807, 2.05) is 6.26 Å². The molecule has 10 N–H and O–H groups in total. The highest BCUT2D eigenvalue weighted by atomic mass is 32.2. The van der Waals surface area contributed by atoms with E-state index in [9.17, 15) is 24.3 Å². The quantitative estimate of drug-likeness (QED) is 0.0777. The van der Waals surface area contributed by atoms with Crippen LogP contribution in [-0.2, 0) is 19.2 Å².